The highest BCUT2D eigenvalue weighted by Crippen LogP contribution is 2.29. The van der Waals surface area contributed by atoms with Gasteiger partial charge in [-0.3, -0.25) is 4.79 Å². The van der Waals surface area contributed by atoms with E-state index in [2.05, 4.69) is 33.6 Å². The molecule has 0 bridgehead atoms. The largest absolute Gasteiger partial charge is 0.342 e. The lowest BCUT2D eigenvalue weighted by molar-refractivity contribution is 0.0922. The molecule has 1 N–H and O–H groups in total. The molecule has 2 aromatic carbocycles. The Morgan fingerprint density at radius 2 is 1.88 bits per heavy atom. The van der Waals surface area contributed by atoms with Crippen molar-refractivity contribution in [2.24, 2.45) is 0 Å². The molecule has 1 amide bonds. The van der Waals surface area contributed by atoms with Crippen molar-refractivity contribution in [2.75, 3.05) is 0 Å². The van der Waals surface area contributed by atoms with Crippen molar-refractivity contribution in [3.05, 3.63) is 77.4 Å². The molecule has 0 saturated heterocycles. The number of para-hydroxylation sites is 1. The van der Waals surface area contributed by atoms with Crippen molar-refractivity contribution in [1.29, 1.82) is 0 Å². The van der Waals surface area contributed by atoms with Gasteiger partial charge >= 0.3 is 0 Å². The van der Waals surface area contributed by atoms with Gasteiger partial charge in [-0.1, -0.05) is 42.5 Å². The molecule has 3 aromatic rings. The molecule has 1 atom stereocenters. The van der Waals surface area contributed by atoms with Crippen LogP contribution in [-0.4, -0.2) is 20.7 Å². The third-order valence-electron chi connectivity index (χ3n) is 4.65. The molecule has 1 aliphatic rings. The summed E-state index contributed by atoms with van der Waals surface area (Å²) in [5.74, 6) is 0.685. The number of aromatic nitrogens is 3. The van der Waals surface area contributed by atoms with Crippen LogP contribution in [0.3, 0.4) is 0 Å². The molecule has 0 fully saturated rings. The van der Waals surface area contributed by atoms with Crippen LogP contribution in [0.5, 0.6) is 0 Å². The number of nitrogens with zero attached hydrogens (tertiary/aromatic N) is 3. The zero-order chi connectivity index (χ0) is 17.2. The van der Waals surface area contributed by atoms with Crippen LogP contribution >= 0.6 is 0 Å². The fraction of sp³-hybridized carbons (Fsp3) is 0.250. The van der Waals surface area contributed by atoms with Crippen LogP contribution in [0.2, 0.25) is 0 Å². The molecule has 25 heavy (non-hydrogen) atoms. The molecule has 0 saturated carbocycles. The maximum absolute atomic E-state index is 12.7. The van der Waals surface area contributed by atoms with Crippen LogP contribution in [0, 0.1) is 6.92 Å². The molecule has 5 heteroatoms. The summed E-state index contributed by atoms with van der Waals surface area (Å²) in [7, 11) is 0. The van der Waals surface area contributed by atoms with Crippen molar-refractivity contribution in [1.82, 2.24) is 20.1 Å². The molecular weight excluding hydrogens is 312 g/mol. The van der Waals surface area contributed by atoms with Crippen molar-refractivity contribution < 1.29 is 4.79 Å². The maximum Gasteiger partial charge on any atom is 0.291 e. The van der Waals surface area contributed by atoms with E-state index >= 15 is 0 Å². The Morgan fingerprint density at radius 1 is 1.12 bits per heavy atom. The number of nitrogens with one attached hydrogen (secondary N) is 1. The van der Waals surface area contributed by atoms with Crippen molar-refractivity contribution >= 4 is 5.91 Å². The molecular formula is C20H20N4O. The van der Waals surface area contributed by atoms with E-state index in [0.29, 0.717) is 5.82 Å². The second-order valence-corrected chi connectivity index (χ2v) is 6.35. The van der Waals surface area contributed by atoms with Gasteiger partial charge in [-0.2, -0.15) is 0 Å². The monoisotopic (exact) mass is 332 g/mol. The van der Waals surface area contributed by atoms with Crippen LogP contribution in [0.25, 0.3) is 5.69 Å². The quantitative estimate of drug-likeness (QED) is 0.800. The van der Waals surface area contributed by atoms with Gasteiger partial charge in [0.1, 0.15) is 5.82 Å². The van der Waals surface area contributed by atoms with E-state index in [0.717, 1.165) is 24.9 Å². The van der Waals surface area contributed by atoms with Crippen molar-refractivity contribution in [3.63, 3.8) is 0 Å². The van der Waals surface area contributed by atoms with E-state index in [9.17, 15) is 4.79 Å². The summed E-state index contributed by atoms with van der Waals surface area (Å²) in [6.45, 7) is 1.85. The molecule has 1 aromatic heterocycles. The number of benzene rings is 2. The SMILES string of the molecule is Cc1nc(C(=O)NC2CCCc3ccccc32)nn1-c1ccccc1. The third-order valence-corrected chi connectivity index (χ3v) is 4.65. The number of amides is 1. The van der Waals surface area contributed by atoms with E-state index in [4.69, 9.17) is 0 Å². The van der Waals surface area contributed by atoms with E-state index in [1.165, 1.54) is 11.1 Å². The smallest absolute Gasteiger partial charge is 0.291 e. The first-order valence-corrected chi connectivity index (χ1v) is 8.60. The fourth-order valence-electron chi connectivity index (χ4n) is 3.43. The molecule has 126 valence electrons. The minimum absolute atomic E-state index is 0.0291. The molecule has 4 rings (SSSR count). The lowest BCUT2D eigenvalue weighted by Crippen LogP contribution is -2.31. The van der Waals surface area contributed by atoms with Crippen LogP contribution in [0.4, 0.5) is 0 Å². The summed E-state index contributed by atoms with van der Waals surface area (Å²) in [4.78, 5) is 17.0. The zero-order valence-corrected chi connectivity index (χ0v) is 14.1. The normalized spacial score (nSPS) is 16.3. The number of aryl methyl sites for hydroxylation is 2. The van der Waals surface area contributed by atoms with Gasteiger partial charge in [0.15, 0.2) is 0 Å². The summed E-state index contributed by atoms with van der Waals surface area (Å²) in [5, 5.41) is 7.50. The standard InChI is InChI=1S/C20H20N4O/c1-14-21-19(23-24(14)16-10-3-2-4-11-16)20(25)22-18-13-7-9-15-8-5-6-12-17(15)18/h2-6,8,10-12,18H,7,9,13H2,1H3,(H,22,25). The first-order chi connectivity index (χ1) is 12.2. The number of carbonyl (C=O) groups excluding carboxylic acids is 1. The number of fused-ring (bicyclic) bond motifs is 1. The first kappa shape index (κ1) is 15.6. The molecule has 1 aliphatic carbocycles. The van der Waals surface area contributed by atoms with Crippen molar-refractivity contribution in [3.8, 4) is 5.69 Å². The first-order valence-electron chi connectivity index (χ1n) is 8.60. The van der Waals surface area contributed by atoms with E-state index in [-0.39, 0.29) is 17.8 Å². The molecule has 1 unspecified atom stereocenters. The highest BCUT2D eigenvalue weighted by Gasteiger charge is 2.24. The Hall–Kier alpha value is -2.95. The average molecular weight is 332 g/mol. The summed E-state index contributed by atoms with van der Waals surface area (Å²) in [6, 6.07) is 18.1. The van der Waals surface area contributed by atoms with Crippen LogP contribution in [0.15, 0.2) is 54.6 Å². The molecule has 0 spiro atoms. The Kier molecular flexibility index (Phi) is 4.06. The maximum atomic E-state index is 12.7. The van der Waals surface area contributed by atoms with Crippen LogP contribution in [0.1, 0.15) is 46.5 Å². The predicted octanol–water partition coefficient (Wildman–Crippen LogP) is 3.38. The van der Waals surface area contributed by atoms with Gasteiger partial charge in [-0.05, 0) is 49.4 Å². The van der Waals surface area contributed by atoms with Gasteiger partial charge in [-0.15, -0.1) is 5.10 Å². The van der Waals surface area contributed by atoms with E-state index < -0.39 is 0 Å². The molecule has 1 heterocycles. The Balaban J connectivity index is 1.57. The number of hydrogen-bond acceptors (Lipinski definition) is 3. The van der Waals surface area contributed by atoms with Crippen LogP contribution in [-0.2, 0) is 6.42 Å². The molecule has 5 nitrogen and oxygen atoms in total. The van der Waals surface area contributed by atoms with Crippen LogP contribution < -0.4 is 5.32 Å². The highest BCUT2D eigenvalue weighted by atomic mass is 16.2. The number of rotatable bonds is 3. The second kappa shape index (κ2) is 6.51. The van der Waals surface area contributed by atoms with Gasteiger partial charge in [0.25, 0.3) is 5.91 Å². The number of hydrogen-bond donors (Lipinski definition) is 1. The molecule has 0 radical (unpaired) electrons. The minimum Gasteiger partial charge on any atom is -0.342 e. The van der Waals surface area contributed by atoms with Gasteiger partial charge in [0, 0.05) is 0 Å². The minimum atomic E-state index is -0.223. The number of carbonyl (C=O) groups is 1. The van der Waals surface area contributed by atoms with Gasteiger partial charge in [0.2, 0.25) is 5.82 Å². The summed E-state index contributed by atoms with van der Waals surface area (Å²) in [5.41, 5.74) is 3.42. The van der Waals surface area contributed by atoms with E-state index in [1.54, 1.807) is 4.68 Å². The van der Waals surface area contributed by atoms with Gasteiger partial charge in [0.05, 0.1) is 11.7 Å². The molecule has 0 aliphatic heterocycles. The Morgan fingerprint density at radius 3 is 2.72 bits per heavy atom. The summed E-state index contributed by atoms with van der Waals surface area (Å²) in [6.07, 6.45) is 3.09. The van der Waals surface area contributed by atoms with Gasteiger partial charge in [-0.25, -0.2) is 9.67 Å². The highest BCUT2D eigenvalue weighted by molar-refractivity contribution is 5.90. The third kappa shape index (κ3) is 3.05. The summed E-state index contributed by atoms with van der Waals surface area (Å²) >= 11 is 0. The van der Waals surface area contributed by atoms with E-state index in [1.807, 2.05) is 43.3 Å². The lowest BCUT2D eigenvalue weighted by atomic mass is 9.88. The Bertz CT molecular complexity index is 901. The van der Waals surface area contributed by atoms with Gasteiger partial charge < -0.3 is 5.32 Å². The fourth-order valence-corrected chi connectivity index (χ4v) is 3.43. The Labute approximate surface area is 146 Å². The summed E-state index contributed by atoms with van der Waals surface area (Å²) < 4.78 is 1.70. The zero-order valence-electron chi connectivity index (χ0n) is 14.1. The lowest BCUT2D eigenvalue weighted by Gasteiger charge is -2.25. The average Bonchev–Trinajstić information content (AvgIpc) is 3.05. The topological polar surface area (TPSA) is 59.8 Å². The predicted molar refractivity (Wildman–Crippen MR) is 95.7 cm³/mol. The van der Waals surface area contributed by atoms with Crippen molar-refractivity contribution in [2.45, 2.75) is 32.2 Å². The second-order valence-electron chi connectivity index (χ2n) is 6.35.